The van der Waals surface area contributed by atoms with Crippen molar-refractivity contribution in [1.82, 2.24) is 14.8 Å². The molecule has 0 saturated carbocycles. The number of hydrogen-bond donors (Lipinski definition) is 0. The number of esters is 1. The lowest BCUT2D eigenvalue weighted by Gasteiger charge is -2.09. The first-order chi connectivity index (χ1) is 12.8. The van der Waals surface area contributed by atoms with Crippen molar-refractivity contribution in [1.29, 1.82) is 5.26 Å². The Morgan fingerprint density at radius 1 is 1.33 bits per heavy atom. The molecule has 0 fully saturated rings. The number of ether oxygens (including phenoxy) is 1. The Morgan fingerprint density at radius 2 is 2.11 bits per heavy atom. The van der Waals surface area contributed by atoms with Gasteiger partial charge in [0.2, 0.25) is 0 Å². The summed E-state index contributed by atoms with van der Waals surface area (Å²) in [6, 6.07) is 9.70. The largest absolute Gasteiger partial charge is 0.441 e. The number of benzene rings is 1. The van der Waals surface area contributed by atoms with E-state index < -0.39 is 23.8 Å². The third-order valence-electron chi connectivity index (χ3n) is 3.41. The molecule has 0 aliphatic carbocycles. The normalized spacial score (nSPS) is 12.4. The average molecular weight is 392 g/mol. The van der Waals surface area contributed by atoms with Gasteiger partial charge >= 0.3 is 12.1 Å². The molecule has 1 atom stereocenters. The van der Waals surface area contributed by atoms with Crippen LogP contribution in [0.3, 0.4) is 0 Å². The number of alkyl halides is 3. The summed E-state index contributed by atoms with van der Waals surface area (Å²) in [6.07, 6.45) is -5.54. The average Bonchev–Trinajstić information content (AvgIpc) is 3.30. The van der Waals surface area contributed by atoms with Crippen molar-refractivity contribution in [3.8, 4) is 22.5 Å². The maximum Gasteiger partial charge on any atom is 0.416 e. The topological polar surface area (TPSA) is 80.8 Å². The van der Waals surface area contributed by atoms with Crippen LogP contribution in [0, 0.1) is 11.3 Å². The van der Waals surface area contributed by atoms with Gasteiger partial charge < -0.3 is 4.74 Å². The number of rotatable bonds is 4. The molecule has 138 valence electrons. The Hall–Kier alpha value is -3.19. The molecule has 0 amide bonds. The fourth-order valence-electron chi connectivity index (χ4n) is 2.20. The third kappa shape index (κ3) is 3.98. The van der Waals surface area contributed by atoms with E-state index in [-0.39, 0.29) is 17.3 Å². The Morgan fingerprint density at radius 3 is 2.74 bits per heavy atom. The molecular weight excluding hydrogens is 381 g/mol. The van der Waals surface area contributed by atoms with Gasteiger partial charge in [-0.3, -0.25) is 0 Å². The Balaban J connectivity index is 2.09. The van der Waals surface area contributed by atoms with Gasteiger partial charge in [0, 0.05) is 0 Å². The monoisotopic (exact) mass is 392 g/mol. The molecule has 6 nitrogen and oxygen atoms in total. The molecule has 2 aromatic heterocycles. The zero-order valence-electron chi connectivity index (χ0n) is 13.8. The molecule has 0 saturated heterocycles. The van der Waals surface area contributed by atoms with Gasteiger partial charge in [0.25, 0.3) is 5.82 Å². The number of thiophene rings is 1. The van der Waals surface area contributed by atoms with Crippen LogP contribution in [0.2, 0.25) is 0 Å². The van der Waals surface area contributed by atoms with Gasteiger partial charge in [0.05, 0.1) is 16.1 Å². The van der Waals surface area contributed by atoms with Crippen LogP contribution in [0.15, 0.2) is 41.8 Å². The van der Waals surface area contributed by atoms with Crippen molar-refractivity contribution < 1.29 is 22.7 Å². The van der Waals surface area contributed by atoms with Crippen LogP contribution >= 0.6 is 11.3 Å². The SMILES string of the molecule is CC(C#N)OC(=O)c1nc(-c2cccs2)n(-c2cccc(C(F)(F)F)c2)n1. The summed E-state index contributed by atoms with van der Waals surface area (Å²) in [6.45, 7) is 1.38. The zero-order valence-corrected chi connectivity index (χ0v) is 14.6. The van der Waals surface area contributed by atoms with Crippen molar-refractivity contribution in [2.75, 3.05) is 0 Å². The van der Waals surface area contributed by atoms with Crippen LogP contribution in [-0.2, 0) is 10.9 Å². The summed E-state index contributed by atoms with van der Waals surface area (Å²) >= 11 is 1.29. The molecular formula is C17H11F3N4O2S. The van der Waals surface area contributed by atoms with E-state index in [1.807, 2.05) is 0 Å². The van der Waals surface area contributed by atoms with Gasteiger partial charge in [-0.25, -0.2) is 9.48 Å². The van der Waals surface area contributed by atoms with E-state index in [4.69, 9.17) is 10.00 Å². The fraction of sp³-hybridized carbons (Fsp3) is 0.176. The summed E-state index contributed by atoms with van der Waals surface area (Å²) < 4.78 is 45.1. The molecule has 0 spiro atoms. The van der Waals surface area contributed by atoms with Gasteiger partial charge in [-0.15, -0.1) is 16.4 Å². The molecule has 0 N–H and O–H groups in total. The second-order valence-electron chi connectivity index (χ2n) is 5.37. The lowest BCUT2D eigenvalue weighted by molar-refractivity contribution is -0.137. The number of hydrogen-bond acceptors (Lipinski definition) is 6. The first-order valence-corrected chi connectivity index (χ1v) is 8.46. The lowest BCUT2D eigenvalue weighted by Crippen LogP contribution is -2.14. The van der Waals surface area contributed by atoms with Gasteiger partial charge in [0.1, 0.15) is 6.07 Å². The van der Waals surface area contributed by atoms with Crippen molar-refractivity contribution >= 4 is 17.3 Å². The quantitative estimate of drug-likeness (QED) is 0.625. The second-order valence-corrected chi connectivity index (χ2v) is 6.32. The van der Waals surface area contributed by atoms with Crippen molar-refractivity contribution in [2.45, 2.75) is 19.2 Å². The van der Waals surface area contributed by atoms with Crippen molar-refractivity contribution in [3.63, 3.8) is 0 Å². The number of aromatic nitrogens is 3. The van der Waals surface area contributed by atoms with E-state index in [2.05, 4.69) is 10.1 Å². The standard InChI is InChI=1S/C17H11F3N4O2S/c1-10(9-21)26-16(25)14-22-15(13-6-3-7-27-13)24(23-14)12-5-2-4-11(8-12)17(18,19)20/h2-8,10H,1H3. The molecule has 3 rings (SSSR count). The summed E-state index contributed by atoms with van der Waals surface area (Å²) in [5, 5.41) is 14.5. The molecule has 27 heavy (non-hydrogen) atoms. The van der Waals surface area contributed by atoms with Gasteiger partial charge in [0.15, 0.2) is 11.9 Å². The Labute approximate surface area is 155 Å². The zero-order chi connectivity index (χ0) is 19.6. The summed E-state index contributed by atoms with van der Waals surface area (Å²) in [5.74, 6) is -1.09. The van der Waals surface area contributed by atoms with Gasteiger partial charge in [-0.1, -0.05) is 12.1 Å². The van der Waals surface area contributed by atoms with Crippen molar-refractivity contribution in [3.05, 3.63) is 53.2 Å². The molecule has 1 aromatic carbocycles. The van der Waals surface area contributed by atoms with Crippen LogP contribution in [0.4, 0.5) is 13.2 Å². The summed E-state index contributed by atoms with van der Waals surface area (Å²) in [5.41, 5.74) is -0.761. The highest BCUT2D eigenvalue weighted by atomic mass is 32.1. The predicted molar refractivity (Wildman–Crippen MR) is 90.2 cm³/mol. The molecule has 3 aromatic rings. The molecule has 0 aliphatic rings. The van der Waals surface area contributed by atoms with Crippen LogP contribution in [0.5, 0.6) is 0 Å². The van der Waals surface area contributed by atoms with Gasteiger partial charge in [-0.2, -0.15) is 23.4 Å². The number of nitrogens with zero attached hydrogens (tertiary/aromatic N) is 4. The molecule has 0 aliphatic heterocycles. The van der Waals surface area contributed by atoms with Crippen LogP contribution in [-0.4, -0.2) is 26.8 Å². The second kappa shape index (κ2) is 7.20. The lowest BCUT2D eigenvalue weighted by atomic mass is 10.2. The molecule has 2 heterocycles. The van der Waals surface area contributed by atoms with Crippen molar-refractivity contribution in [2.24, 2.45) is 0 Å². The number of nitriles is 1. The highest BCUT2D eigenvalue weighted by Gasteiger charge is 2.31. The predicted octanol–water partition coefficient (Wildman–Crippen LogP) is 4.08. The molecule has 10 heteroatoms. The van der Waals surface area contributed by atoms with Gasteiger partial charge in [-0.05, 0) is 36.6 Å². The maximum absolute atomic E-state index is 13.0. The fourth-order valence-corrected chi connectivity index (χ4v) is 2.90. The van der Waals surface area contributed by atoms with E-state index >= 15 is 0 Å². The Bertz CT molecular complexity index is 1010. The van der Waals surface area contributed by atoms with E-state index in [0.29, 0.717) is 4.88 Å². The maximum atomic E-state index is 13.0. The molecule has 0 radical (unpaired) electrons. The number of carbonyl (C=O) groups is 1. The van der Waals surface area contributed by atoms with Crippen LogP contribution in [0.25, 0.3) is 16.4 Å². The number of halogens is 3. The first-order valence-electron chi connectivity index (χ1n) is 7.59. The van der Waals surface area contributed by atoms with Crippen LogP contribution in [0.1, 0.15) is 23.1 Å². The van der Waals surface area contributed by atoms with E-state index in [1.54, 1.807) is 23.6 Å². The first kappa shape index (κ1) is 18.6. The summed E-state index contributed by atoms with van der Waals surface area (Å²) in [7, 11) is 0. The van der Waals surface area contributed by atoms with E-state index in [0.717, 1.165) is 16.8 Å². The molecule has 0 bridgehead atoms. The third-order valence-corrected chi connectivity index (χ3v) is 4.28. The minimum Gasteiger partial charge on any atom is -0.441 e. The van der Waals surface area contributed by atoms with E-state index in [9.17, 15) is 18.0 Å². The highest BCUT2D eigenvalue weighted by molar-refractivity contribution is 7.13. The number of carbonyl (C=O) groups excluding carboxylic acids is 1. The molecule has 1 unspecified atom stereocenters. The van der Waals surface area contributed by atoms with E-state index in [1.165, 1.54) is 30.4 Å². The minimum absolute atomic E-state index is 0.0908. The van der Waals surface area contributed by atoms with Crippen LogP contribution < -0.4 is 0 Å². The smallest absolute Gasteiger partial charge is 0.416 e. The highest BCUT2D eigenvalue weighted by Crippen LogP contribution is 2.32. The minimum atomic E-state index is -4.52. The summed E-state index contributed by atoms with van der Waals surface area (Å²) in [4.78, 5) is 16.8. The Kier molecular flexibility index (Phi) is 4.96.